The normalized spacial score (nSPS) is 10.9. The van der Waals surface area contributed by atoms with E-state index in [1.807, 2.05) is 34.9 Å². The van der Waals surface area contributed by atoms with Gasteiger partial charge in [-0.05, 0) is 30.3 Å². The Morgan fingerprint density at radius 2 is 1.77 bits per heavy atom. The van der Waals surface area contributed by atoms with E-state index in [1.165, 1.54) is 39.7 Å². The summed E-state index contributed by atoms with van der Waals surface area (Å²) in [6, 6.07) is 17.2. The monoisotopic (exact) mass is 582 g/mol. The topological polar surface area (TPSA) is 143 Å². The highest BCUT2D eigenvalue weighted by molar-refractivity contribution is 7.99. The lowest BCUT2D eigenvalue weighted by Gasteiger charge is -2.15. The fraction of sp³-hybridized carbons (Fsp3) is 0.154. The molecule has 0 atom stereocenters. The van der Waals surface area contributed by atoms with Crippen molar-refractivity contribution in [3.05, 3.63) is 81.4 Å². The van der Waals surface area contributed by atoms with Gasteiger partial charge in [-0.2, -0.15) is 5.10 Å². The summed E-state index contributed by atoms with van der Waals surface area (Å²) in [5.41, 5.74) is 3.99. The number of benzene rings is 3. The summed E-state index contributed by atoms with van der Waals surface area (Å²) < 4.78 is 18.2. The SMILES string of the molecule is COc1cc(-c2nnc(SCC(=O)NN=Cc3ccc(Cl)c([N+](=O)[O-])c3)n2-c2ccccc2)cc(OC)c1OC. The number of nitro benzene ring substituents is 1. The molecule has 3 aromatic carbocycles. The molecule has 40 heavy (non-hydrogen) atoms. The zero-order chi connectivity index (χ0) is 28.6. The molecule has 14 heteroatoms. The van der Waals surface area contributed by atoms with Gasteiger partial charge in [-0.1, -0.05) is 47.6 Å². The lowest BCUT2D eigenvalue weighted by Crippen LogP contribution is -2.20. The molecule has 0 fully saturated rings. The number of hydrazone groups is 1. The van der Waals surface area contributed by atoms with Gasteiger partial charge in [0, 0.05) is 22.9 Å². The molecule has 0 saturated carbocycles. The third kappa shape index (κ3) is 6.33. The average molecular weight is 583 g/mol. The summed E-state index contributed by atoms with van der Waals surface area (Å²) >= 11 is 6.98. The van der Waals surface area contributed by atoms with Gasteiger partial charge in [0.1, 0.15) is 5.02 Å². The van der Waals surface area contributed by atoms with E-state index in [-0.39, 0.29) is 16.5 Å². The molecule has 0 unspecified atom stereocenters. The predicted octanol–water partition coefficient (Wildman–Crippen LogP) is 4.76. The van der Waals surface area contributed by atoms with Gasteiger partial charge in [0.2, 0.25) is 5.75 Å². The van der Waals surface area contributed by atoms with Crippen molar-refractivity contribution in [3.63, 3.8) is 0 Å². The van der Waals surface area contributed by atoms with Crippen LogP contribution in [0, 0.1) is 10.1 Å². The number of methoxy groups -OCH3 is 3. The lowest BCUT2D eigenvalue weighted by molar-refractivity contribution is -0.384. The second kappa shape index (κ2) is 13.0. The highest BCUT2D eigenvalue weighted by Crippen LogP contribution is 2.41. The first-order chi connectivity index (χ1) is 19.4. The minimum Gasteiger partial charge on any atom is -0.493 e. The number of amides is 1. The highest BCUT2D eigenvalue weighted by atomic mass is 35.5. The zero-order valence-electron chi connectivity index (χ0n) is 21.5. The molecule has 1 aromatic heterocycles. The molecule has 0 spiro atoms. The number of hydrogen-bond acceptors (Lipinski definition) is 10. The summed E-state index contributed by atoms with van der Waals surface area (Å²) in [6.07, 6.45) is 1.29. The van der Waals surface area contributed by atoms with Crippen molar-refractivity contribution >= 4 is 41.2 Å². The van der Waals surface area contributed by atoms with Gasteiger partial charge in [0.05, 0.1) is 38.2 Å². The smallest absolute Gasteiger partial charge is 0.288 e. The molecule has 0 aliphatic rings. The number of rotatable bonds is 11. The van der Waals surface area contributed by atoms with E-state index in [9.17, 15) is 14.9 Å². The maximum atomic E-state index is 12.5. The Hall–Kier alpha value is -4.62. The maximum absolute atomic E-state index is 12.5. The van der Waals surface area contributed by atoms with Crippen molar-refractivity contribution in [2.75, 3.05) is 27.1 Å². The number of halogens is 1. The molecule has 0 saturated heterocycles. The Labute approximate surface area is 238 Å². The largest absolute Gasteiger partial charge is 0.493 e. The number of aromatic nitrogens is 3. The van der Waals surface area contributed by atoms with Crippen LogP contribution in [0.5, 0.6) is 17.2 Å². The first-order valence-corrected chi connectivity index (χ1v) is 12.9. The number of hydrogen-bond donors (Lipinski definition) is 1. The molecule has 4 rings (SSSR count). The molecule has 1 amide bonds. The number of thioether (sulfide) groups is 1. The van der Waals surface area contributed by atoms with Crippen molar-refractivity contribution in [2.24, 2.45) is 5.10 Å². The van der Waals surface area contributed by atoms with Gasteiger partial charge in [0.25, 0.3) is 11.6 Å². The van der Waals surface area contributed by atoms with Gasteiger partial charge in [-0.15, -0.1) is 10.2 Å². The number of nitrogens with one attached hydrogen (secondary N) is 1. The van der Waals surface area contributed by atoms with Crippen LogP contribution in [0.2, 0.25) is 5.02 Å². The summed E-state index contributed by atoms with van der Waals surface area (Å²) in [5, 5.41) is 24.1. The van der Waals surface area contributed by atoms with Crippen LogP contribution in [0.15, 0.2) is 70.9 Å². The quantitative estimate of drug-likeness (QED) is 0.114. The number of carbonyl (C=O) groups is 1. The van der Waals surface area contributed by atoms with E-state index < -0.39 is 10.8 Å². The van der Waals surface area contributed by atoms with Crippen LogP contribution in [0.25, 0.3) is 17.1 Å². The molecule has 1 heterocycles. The highest BCUT2D eigenvalue weighted by Gasteiger charge is 2.21. The second-order valence-electron chi connectivity index (χ2n) is 7.94. The van der Waals surface area contributed by atoms with E-state index >= 15 is 0 Å². The molecular weight excluding hydrogens is 560 g/mol. The molecule has 12 nitrogen and oxygen atoms in total. The number of ether oxygens (including phenoxy) is 3. The average Bonchev–Trinajstić information content (AvgIpc) is 3.40. The molecule has 0 aliphatic heterocycles. The van der Waals surface area contributed by atoms with E-state index in [4.69, 9.17) is 25.8 Å². The predicted molar refractivity (Wildman–Crippen MR) is 151 cm³/mol. The number of carbonyl (C=O) groups excluding carboxylic acids is 1. The summed E-state index contributed by atoms with van der Waals surface area (Å²) in [6.45, 7) is 0. The van der Waals surface area contributed by atoms with Crippen LogP contribution in [-0.4, -0.2) is 58.9 Å². The second-order valence-corrected chi connectivity index (χ2v) is 9.29. The van der Waals surface area contributed by atoms with E-state index in [0.717, 1.165) is 17.4 Å². The van der Waals surface area contributed by atoms with Crippen LogP contribution in [0.1, 0.15) is 5.56 Å². The van der Waals surface area contributed by atoms with Crippen LogP contribution in [-0.2, 0) is 4.79 Å². The third-order valence-electron chi connectivity index (χ3n) is 5.47. The van der Waals surface area contributed by atoms with Crippen molar-refractivity contribution in [2.45, 2.75) is 5.16 Å². The molecule has 0 bridgehead atoms. The summed E-state index contributed by atoms with van der Waals surface area (Å²) in [7, 11) is 4.58. The van der Waals surface area contributed by atoms with E-state index in [1.54, 1.807) is 18.2 Å². The minimum absolute atomic E-state index is 0.0102. The van der Waals surface area contributed by atoms with Crippen LogP contribution in [0.3, 0.4) is 0 Å². The Balaban J connectivity index is 1.56. The Bertz CT molecular complexity index is 1540. The van der Waals surface area contributed by atoms with Crippen molar-refractivity contribution in [1.82, 2.24) is 20.2 Å². The van der Waals surface area contributed by atoms with Gasteiger partial charge >= 0.3 is 0 Å². The van der Waals surface area contributed by atoms with Crippen molar-refractivity contribution in [3.8, 4) is 34.3 Å². The fourth-order valence-corrected chi connectivity index (χ4v) is 4.59. The van der Waals surface area contributed by atoms with Gasteiger partial charge in [-0.25, -0.2) is 5.43 Å². The minimum atomic E-state index is -0.593. The fourth-order valence-electron chi connectivity index (χ4n) is 3.66. The van der Waals surface area contributed by atoms with Crippen LogP contribution in [0.4, 0.5) is 5.69 Å². The Morgan fingerprint density at radius 3 is 2.40 bits per heavy atom. The molecule has 0 aliphatic carbocycles. The maximum Gasteiger partial charge on any atom is 0.288 e. The summed E-state index contributed by atoms with van der Waals surface area (Å²) in [5.74, 6) is 1.41. The molecular formula is C26H23ClN6O6S. The van der Waals surface area contributed by atoms with Crippen LogP contribution >= 0.6 is 23.4 Å². The van der Waals surface area contributed by atoms with Crippen LogP contribution < -0.4 is 19.6 Å². The number of nitrogens with zero attached hydrogens (tertiary/aromatic N) is 5. The van der Waals surface area contributed by atoms with Crippen molar-refractivity contribution in [1.29, 1.82) is 0 Å². The first kappa shape index (κ1) is 28.4. The molecule has 4 aromatic rings. The number of nitro groups is 1. The van der Waals surface area contributed by atoms with E-state index in [2.05, 4.69) is 20.7 Å². The van der Waals surface area contributed by atoms with Gasteiger partial charge in [0.15, 0.2) is 22.5 Å². The zero-order valence-corrected chi connectivity index (χ0v) is 23.1. The van der Waals surface area contributed by atoms with Gasteiger partial charge < -0.3 is 14.2 Å². The standard InChI is InChI=1S/C26H23ClN6O6S/c1-37-21-12-17(13-22(38-2)24(21)39-3)25-30-31-26(32(25)18-7-5-4-6-8-18)40-15-23(34)29-28-14-16-9-10-19(27)20(11-16)33(35)36/h4-14H,15H2,1-3H3,(H,29,34). The molecule has 1 N–H and O–H groups in total. The first-order valence-electron chi connectivity index (χ1n) is 11.6. The van der Waals surface area contributed by atoms with Crippen molar-refractivity contribution < 1.29 is 23.9 Å². The number of para-hydroxylation sites is 1. The lowest BCUT2D eigenvalue weighted by atomic mass is 10.1. The third-order valence-corrected chi connectivity index (χ3v) is 6.72. The Morgan fingerprint density at radius 1 is 1.07 bits per heavy atom. The van der Waals surface area contributed by atoms with Gasteiger partial charge in [-0.3, -0.25) is 19.5 Å². The molecule has 0 radical (unpaired) electrons. The summed E-state index contributed by atoms with van der Waals surface area (Å²) in [4.78, 5) is 23.0. The Kier molecular flexibility index (Phi) is 9.19. The molecule has 206 valence electrons. The van der Waals surface area contributed by atoms with E-state index in [0.29, 0.717) is 39.4 Å².